The van der Waals surface area contributed by atoms with E-state index in [0.29, 0.717) is 18.9 Å². The fourth-order valence-corrected chi connectivity index (χ4v) is 2.77. The average molecular weight is 290 g/mol. The number of hydrogen-bond donors (Lipinski definition) is 2. The number of amides is 1. The van der Waals surface area contributed by atoms with Gasteiger partial charge in [-0.25, -0.2) is 4.79 Å². The SMILES string of the molecule is CC(C)C[C@H](N)C(=O)N1CCCc2cc(C(=O)O)ccc21. The summed E-state index contributed by atoms with van der Waals surface area (Å²) in [6.45, 7) is 4.72. The maximum atomic E-state index is 12.5. The monoisotopic (exact) mass is 290 g/mol. The van der Waals surface area contributed by atoms with E-state index in [1.165, 1.54) is 0 Å². The zero-order valence-electron chi connectivity index (χ0n) is 12.5. The van der Waals surface area contributed by atoms with Crippen molar-refractivity contribution >= 4 is 17.6 Å². The van der Waals surface area contributed by atoms with Crippen molar-refractivity contribution in [3.63, 3.8) is 0 Å². The van der Waals surface area contributed by atoms with Gasteiger partial charge in [0.15, 0.2) is 0 Å². The molecule has 0 spiro atoms. The Balaban J connectivity index is 2.25. The number of aromatic carboxylic acids is 1. The van der Waals surface area contributed by atoms with Crippen LogP contribution < -0.4 is 10.6 Å². The molecule has 1 heterocycles. The van der Waals surface area contributed by atoms with Crippen molar-refractivity contribution in [1.29, 1.82) is 0 Å². The molecule has 1 aromatic carbocycles. The van der Waals surface area contributed by atoms with Gasteiger partial charge in [0.2, 0.25) is 5.91 Å². The second kappa shape index (κ2) is 6.26. The van der Waals surface area contributed by atoms with Crippen LogP contribution in [0.25, 0.3) is 0 Å². The highest BCUT2D eigenvalue weighted by atomic mass is 16.4. The normalized spacial score (nSPS) is 15.7. The molecule has 0 aliphatic carbocycles. The molecule has 0 radical (unpaired) electrons. The summed E-state index contributed by atoms with van der Waals surface area (Å²) in [6.07, 6.45) is 2.27. The fourth-order valence-electron chi connectivity index (χ4n) is 2.77. The number of carbonyl (C=O) groups excluding carboxylic acids is 1. The molecule has 0 fully saturated rings. The number of carboxylic acid groups (broad SMARTS) is 1. The van der Waals surface area contributed by atoms with Crippen LogP contribution in [0.1, 0.15) is 42.6 Å². The summed E-state index contributed by atoms with van der Waals surface area (Å²) >= 11 is 0. The van der Waals surface area contributed by atoms with E-state index in [1.54, 1.807) is 23.1 Å². The van der Waals surface area contributed by atoms with Crippen LogP contribution in [0, 0.1) is 5.92 Å². The third-order valence-corrected chi connectivity index (χ3v) is 3.75. The minimum absolute atomic E-state index is 0.0762. The summed E-state index contributed by atoms with van der Waals surface area (Å²) in [4.78, 5) is 25.2. The van der Waals surface area contributed by atoms with E-state index in [9.17, 15) is 9.59 Å². The van der Waals surface area contributed by atoms with Gasteiger partial charge in [-0.3, -0.25) is 4.79 Å². The van der Waals surface area contributed by atoms with Crippen LogP contribution in [0.5, 0.6) is 0 Å². The second-order valence-electron chi connectivity index (χ2n) is 5.98. The minimum atomic E-state index is -0.947. The third-order valence-electron chi connectivity index (χ3n) is 3.75. The minimum Gasteiger partial charge on any atom is -0.478 e. The zero-order chi connectivity index (χ0) is 15.6. The van der Waals surface area contributed by atoms with Gasteiger partial charge in [-0.2, -0.15) is 0 Å². The lowest BCUT2D eigenvalue weighted by atomic mass is 9.97. The van der Waals surface area contributed by atoms with Crippen LogP contribution in [-0.2, 0) is 11.2 Å². The number of nitrogens with zero attached hydrogens (tertiary/aromatic N) is 1. The van der Waals surface area contributed by atoms with Crippen molar-refractivity contribution in [3.05, 3.63) is 29.3 Å². The molecule has 2 rings (SSSR count). The largest absolute Gasteiger partial charge is 0.478 e. The lowest BCUT2D eigenvalue weighted by Gasteiger charge is -2.32. The van der Waals surface area contributed by atoms with Crippen LogP contribution in [0.3, 0.4) is 0 Å². The molecule has 21 heavy (non-hydrogen) atoms. The number of nitrogens with two attached hydrogens (primary N) is 1. The van der Waals surface area contributed by atoms with Crippen LogP contribution >= 0.6 is 0 Å². The Labute approximate surface area is 124 Å². The first-order valence-corrected chi connectivity index (χ1v) is 7.33. The van der Waals surface area contributed by atoms with E-state index in [0.717, 1.165) is 24.1 Å². The van der Waals surface area contributed by atoms with Gasteiger partial charge in [-0.15, -0.1) is 0 Å². The number of carboxylic acids is 1. The van der Waals surface area contributed by atoms with E-state index in [2.05, 4.69) is 0 Å². The predicted octanol–water partition coefficient (Wildman–Crippen LogP) is 2.04. The number of hydrogen-bond acceptors (Lipinski definition) is 3. The second-order valence-corrected chi connectivity index (χ2v) is 5.98. The summed E-state index contributed by atoms with van der Waals surface area (Å²) in [5, 5.41) is 9.05. The van der Waals surface area contributed by atoms with Gasteiger partial charge in [0.25, 0.3) is 0 Å². The first kappa shape index (κ1) is 15.5. The molecule has 1 aliphatic rings. The molecule has 0 aromatic heterocycles. The number of anilines is 1. The molecule has 0 unspecified atom stereocenters. The molecule has 1 amide bonds. The first-order chi connectivity index (χ1) is 9.90. The first-order valence-electron chi connectivity index (χ1n) is 7.33. The molecule has 1 aromatic rings. The van der Waals surface area contributed by atoms with Gasteiger partial charge in [0.05, 0.1) is 11.6 Å². The Morgan fingerprint density at radius 2 is 2.10 bits per heavy atom. The Hall–Kier alpha value is -1.88. The van der Waals surface area contributed by atoms with Crippen molar-refractivity contribution in [2.75, 3.05) is 11.4 Å². The zero-order valence-corrected chi connectivity index (χ0v) is 12.5. The van der Waals surface area contributed by atoms with Crippen LogP contribution in [-0.4, -0.2) is 29.6 Å². The Kier molecular flexibility index (Phi) is 4.63. The smallest absolute Gasteiger partial charge is 0.335 e. The highest BCUT2D eigenvalue weighted by Crippen LogP contribution is 2.29. The molecule has 0 saturated carbocycles. The van der Waals surface area contributed by atoms with Crippen LogP contribution in [0.2, 0.25) is 0 Å². The standard InChI is InChI=1S/C16H22N2O3/c1-10(2)8-13(17)15(19)18-7-3-4-11-9-12(16(20)21)5-6-14(11)18/h5-6,9-10,13H,3-4,7-8,17H2,1-2H3,(H,20,21)/t13-/m0/s1. The van der Waals surface area contributed by atoms with Crippen LogP contribution in [0.15, 0.2) is 18.2 Å². The molecular weight excluding hydrogens is 268 g/mol. The lowest BCUT2D eigenvalue weighted by molar-refractivity contribution is -0.120. The predicted molar refractivity (Wildman–Crippen MR) is 81.5 cm³/mol. The van der Waals surface area contributed by atoms with Crippen molar-refractivity contribution in [3.8, 4) is 0 Å². The summed E-state index contributed by atoms with van der Waals surface area (Å²) in [5.74, 6) is -0.659. The summed E-state index contributed by atoms with van der Waals surface area (Å²) < 4.78 is 0. The number of carbonyl (C=O) groups is 2. The number of benzene rings is 1. The maximum Gasteiger partial charge on any atom is 0.335 e. The fraction of sp³-hybridized carbons (Fsp3) is 0.500. The molecule has 0 bridgehead atoms. The number of rotatable bonds is 4. The Bertz CT molecular complexity index is 554. The number of fused-ring (bicyclic) bond motifs is 1. The summed E-state index contributed by atoms with van der Waals surface area (Å²) in [6, 6.07) is 4.42. The highest BCUT2D eigenvalue weighted by Gasteiger charge is 2.27. The van der Waals surface area contributed by atoms with Crippen molar-refractivity contribution in [1.82, 2.24) is 0 Å². The quantitative estimate of drug-likeness (QED) is 0.888. The third kappa shape index (κ3) is 3.42. The molecule has 5 nitrogen and oxygen atoms in total. The lowest BCUT2D eigenvalue weighted by Crippen LogP contribution is -2.46. The van der Waals surface area contributed by atoms with E-state index < -0.39 is 12.0 Å². The van der Waals surface area contributed by atoms with Gasteiger partial charge >= 0.3 is 5.97 Å². The topological polar surface area (TPSA) is 83.6 Å². The van der Waals surface area contributed by atoms with E-state index in [4.69, 9.17) is 10.8 Å². The Morgan fingerprint density at radius 1 is 1.38 bits per heavy atom. The van der Waals surface area contributed by atoms with Gasteiger partial charge < -0.3 is 15.7 Å². The molecule has 114 valence electrons. The van der Waals surface area contributed by atoms with Crippen molar-refractivity contribution in [2.24, 2.45) is 11.7 Å². The van der Waals surface area contributed by atoms with E-state index >= 15 is 0 Å². The Morgan fingerprint density at radius 3 is 2.71 bits per heavy atom. The molecule has 3 N–H and O–H groups in total. The molecule has 1 atom stereocenters. The summed E-state index contributed by atoms with van der Waals surface area (Å²) in [7, 11) is 0. The maximum absolute atomic E-state index is 12.5. The van der Waals surface area contributed by atoms with E-state index in [-0.39, 0.29) is 11.5 Å². The highest BCUT2D eigenvalue weighted by molar-refractivity contribution is 5.99. The van der Waals surface area contributed by atoms with Gasteiger partial charge in [0.1, 0.15) is 0 Å². The van der Waals surface area contributed by atoms with Gasteiger partial charge in [-0.05, 0) is 48.9 Å². The van der Waals surface area contributed by atoms with Crippen molar-refractivity contribution < 1.29 is 14.7 Å². The molecule has 1 aliphatic heterocycles. The number of aryl methyl sites for hydroxylation is 1. The van der Waals surface area contributed by atoms with Crippen molar-refractivity contribution in [2.45, 2.75) is 39.2 Å². The summed E-state index contributed by atoms with van der Waals surface area (Å²) in [5.41, 5.74) is 7.97. The van der Waals surface area contributed by atoms with Gasteiger partial charge in [0, 0.05) is 12.2 Å². The molecule has 5 heteroatoms. The average Bonchev–Trinajstić information content (AvgIpc) is 2.44. The van der Waals surface area contributed by atoms with E-state index in [1.807, 2.05) is 13.8 Å². The molecule has 0 saturated heterocycles. The van der Waals surface area contributed by atoms with Gasteiger partial charge in [-0.1, -0.05) is 13.8 Å². The molecular formula is C16H22N2O3. The van der Waals surface area contributed by atoms with Crippen LogP contribution in [0.4, 0.5) is 5.69 Å².